The van der Waals surface area contributed by atoms with Crippen LogP contribution in [-0.4, -0.2) is 25.2 Å². The Morgan fingerprint density at radius 3 is 1.82 bits per heavy atom. The number of allylic oxidation sites excluding steroid dienone is 2. The van der Waals surface area contributed by atoms with Crippen molar-refractivity contribution < 1.29 is 19.1 Å². The molecule has 0 rings (SSSR count). The van der Waals surface area contributed by atoms with Crippen LogP contribution in [-0.2, 0) is 19.1 Å². The molecule has 4 heteroatoms. The fourth-order valence-electron chi connectivity index (χ4n) is 1.81. The van der Waals surface area contributed by atoms with E-state index in [2.05, 4.69) is 0 Å². The van der Waals surface area contributed by atoms with Crippen molar-refractivity contribution in [1.82, 2.24) is 0 Å². The molecule has 0 saturated heterocycles. The molecule has 0 aromatic carbocycles. The van der Waals surface area contributed by atoms with Crippen molar-refractivity contribution in [3.05, 3.63) is 12.2 Å². The normalized spacial score (nSPS) is 14.4. The summed E-state index contributed by atoms with van der Waals surface area (Å²) in [5, 5.41) is 0. The van der Waals surface area contributed by atoms with E-state index in [0.29, 0.717) is 19.6 Å². The van der Waals surface area contributed by atoms with Crippen molar-refractivity contribution in [3.8, 4) is 0 Å². The molecule has 2 atom stereocenters. The Hall–Kier alpha value is -1.32. The lowest BCUT2D eigenvalue weighted by molar-refractivity contribution is -0.161. The van der Waals surface area contributed by atoms with Gasteiger partial charge in [-0.05, 0) is 24.7 Å². The van der Waals surface area contributed by atoms with Gasteiger partial charge in [0.15, 0.2) is 0 Å². The van der Waals surface area contributed by atoms with Gasteiger partial charge in [-0.3, -0.25) is 9.59 Å². The van der Waals surface area contributed by atoms with Crippen LogP contribution in [0.25, 0.3) is 0 Å². The zero-order valence-electron chi connectivity index (χ0n) is 14.9. The number of carbonyl (C=O) groups is 2. The van der Waals surface area contributed by atoms with Crippen LogP contribution in [0.5, 0.6) is 0 Å². The third kappa shape index (κ3) is 8.85. The molecule has 22 heavy (non-hydrogen) atoms. The first-order valence-corrected chi connectivity index (χ1v) is 8.27. The Bertz CT molecular complexity index is 358. The average Bonchev–Trinajstić information content (AvgIpc) is 2.46. The van der Waals surface area contributed by atoms with Crippen molar-refractivity contribution in [2.75, 3.05) is 13.2 Å². The van der Waals surface area contributed by atoms with Gasteiger partial charge in [0, 0.05) is 0 Å². The summed E-state index contributed by atoms with van der Waals surface area (Å²) < 4.78 is 10.6. The van der Waals surface area contributed by atoms with Gasteiger partial charge in [0.2, 0.25) is 0 Å². The van der Waals surface area contributed by atoms with E-state index in [1.54, 1.807) is 6.92 Å². The van der Waals surface area contributed by atoms with E-state index in [1.165, 1.54) is 0 Å². The SMILES string of the molecule is CCC=CCC(C(=O)OCC(C)C)C(C)C(=O)OCC(C)C. The largest absolute Gasteiger partial charge is 0.465 e. The van der Waals surface area contributed by atoms with Crippen molar-refractivity contribution in [1.29, 1.82) is 0 Å². The molecule has 0 amide bonds. The Morgan fingerprint density at radius 1 is 0.864 bits per heavy atom. The quantitative estimate of drug-likeness (QED) is 0.452. The van der Waals surface area contributed by atoms with Gasteiger partial charge in [0.1, 0.15) is 0 Å². The molecule has 0 aliphatic rings. The van der Waals surface area contributed by atoms with Crippen molar-refractivity contribution in [3.63, 3.8) is 0 Å². The minimum absolute atomic E-state index is 0.277. The number of rotatable bonds is 10. The molecular weight excluding hydrogens is 280 g/mol. The molecule has 4 nitrogen and oxygen atoms in total. The van der Waals surface area contributed by atoms with Gasteiger partial charge in [-0.15, -0.1) is 0 Å². The minimum atomic E-state index is -0.500. The van der Waals surface area contributed by atoms with E-state index in [1.807, 2.05) is 46.8 Å². The van der Waals surface area contributed by atoms with Crippen LogP contribution in [0.2, 0.25) is 0 Å². The highest BCUT2D eigenvalue weighted by Gasteiger charge is 2.31. The summed E-state index contributed by atoms with van der Waals surface area (Å²) in [5.74, 6) is -1.07. The molecule has 0 saturated carbocycles. The van der Waals surface area contributed by atoms with Crippen LogP contribution in [0.4, 0.5) is 0 Å². The average molecular weight is 312 g/mol. The summed E-state index contributed by atoms with van der Waals surface area (Å²) in [5.41, 5.74) is 0. The zero-order chi connectivity index (χ0) is 17.1. The maximum absolute atomic E-state index is 12.3. The van der Waals surface area contributed by atoms with Crippen LogP contribution in [0.3, 0.4) is 0 Å². The number of ether oxygens (including phenoxy) is 2. The maximum atomic E-state index is 12.3. The van der Waals surface area contributed by atoms with E-state index in [-0.39, 0.29) is 23.8 Å². The van der Waals surface area contributed by atoms with Gasteiger partial charge in [-0.25, -0.2) is 0 Å². The van der Waals surface area contributed by atoms with Gasteiger partial charge in [0.25, 0.3) is 0 Å². The molecule has 0 N–H and O–H groups in total. The number of esters is 2. The molecule has 0 heterocycles. The standard InChI is InChI=1S/C18H32O4/c1-7-8-9-10-16(18(20)22-12-14(4)5)15(6)17(19)21-11-13(2)3/h8-9,13-16H,7,10-12H2,1-6H3. The summed E-state index contributed by atoms with van der Waals surface area (Å²) in [6.07, 6.45) is 5.34. The molecule has 0 fully saturated rings. The molecule has 0 aliphatic heterocycles. The van der Waals surface area contributed by atoms with Gasteiger partial charge < -0.3 is 9.47 Å². The molecule has 0 bridgehead atoms. The highest BCUT2D eigenvalue weighted by Crippen LogP contribution is 2.21. The second kappa shape index (κ2) is 11.3. The lowest BCUT2D eigenvalue weighted by atomic mass is 9.90. The first-order chi connectivity index (χ1) is 10.3. The summed E-state index contributed by atoms with van der Waals surface area (Å²) in [7, 11) is 0. The van der Waals surface area contributed by atoms with Gasteiger partial charge in [0.05, 0.1) is 25.0 Å². The van der Waals surface area contributed by atoms with Crippen LogP contribution in [0.1, 0.15) is 54.4 Å². The van der Waals surface area contributed by atoms with Crippen molar-refractivity contribution in [2.24, 2.45) is 23.7 Å². The van der Waals surface area contributed by atoms with Crippen LogP contribution >= 0.6 is 0 Å². The van der Waals surface area contributed by atoms with Gasteiger partial charge in [-0.1, -0.05) is 53.7 Å². The monoisotopic (exact) mass is 312 g/mol. The summed E-state index contributed by atoms with van der Waals surface area (Å²) in [4.78, 5) is 24.4. The minimum Gasteiger partial charge on any atom is -0.465 e. The predicted molar refractivity (Wildman–Crippen MR) is 88.3 cm³/mol. The fourth-order valence-corrected chi connectivity index (χ4v) is 1.81. The number of carbonyl (C=O) groups excluding carboxylic acids is 2. The van der Waals surface area contributed by atoms with Crippen LogP contribution in [0, 0.1) is 23.7 Å². The predicted octanol–water partition coefficient (Wildman–Crippen LogP) is 3.99. The maximum Gasteiger partial charge on any atom is 0.310 e. The lowest BCUT2D eigenvalue weighted by Crippen LogP contribution is -2.31. The Balaban J connectivity index is 4.77. The van der Waals surface area contributed by atoms with E-state index in [9.17, 15) is 9.59 Å². The Kier molecular flexibility index (Phi) is 10.6. The fraction of sp³-hybridized carbons (Fsp3) is 0.778. The molecule has 0 aromatic rings. The van der Waals surface area contributed by atoms with Crippen molar-refractivity contribution in [2.45, 2.75) is 54.4 Å². The van der Waals surface area contributed by atoms with Gasteiger partial charge in [-0.2, -0.15) is 0 Å². The topological polar surface area (TPSA) is 52.6 Å². The molecule has 0 aromatic heterocycles. The Labute approximate surface area is 135 Å². The van der Waals surface area contributed by atoms with Crippen molar-refractivity contribution >= 4 is 11.9 Å². The number of hydrogen-bond acceptors (Lipinski definition) is 4. The second-order valence-electron chi connectivity index (χ2n) is 6.56. The van der Waals surface area contributed by atoms with E-state index in [0.717, 1.165) is 6.42 Å². The molecular formula is C18H32O4. The first-order valence-electron chi connectivity index (χ1n) is 8.27. The van der Waals surface area contributed by atoms with E-state index < -0.39 is 11.8 Å². The first kappa shape index (κ1) is 20.7. The van der Waals surface area contributed by atoms with E-state index in [4.69, 9.17) is 9.47 Å². The molecule has 2 unspecified atom stereocenters. The van der Waals surface area contributed by atoms with Gasteiger partial charge >= 0.3 is 11.9 Å². The Morgan fingerprint density at radius 2 is 1.36 bits per heavy atom. The summed E-state index contributed by atoms with van der Waals surface area (Å²) >= 11 is 0. The van der Waals surface area contributed by atoms with Crippen LogP contribution < -0.4 is 0 Å². The highest BCUT2D eigenvalue weighted by molar-refractivity contribution is 5.82. The highest BCUT2D eigenvalue weighted by atomic mass is 16.5. The molecule has 0 aliphatic carbocycles. The smallest absolute Gasteiger partial charge is 0.310 e. The van der Waals surface area contributed by atoms with E-state index >= 15 is 0 Å². The third-order valence-corrected chi connectivity index (χ3v) is 3.19. The summed E-state index contributed by atoms with van der Waals surface area (Å²) in [6, 6.07) is 0. The molecule has 0 spiro atoms. The molecule has 0 radical (unpaired) electrons. The zero-order valence-corrected chi connectivity index (χ0v) is 14.9. The lowest BCUT2D eigenvalue weighted by Gasteiger charge is -2.21. The molecule has 128 valence electrons. The summed E-state index contributed by atoms with van der Waals surface area (Å²) in [6.45, 7) is 12.5. The number of hydrogen-bond donors (Lipinski definition) is 0. The van der Waals surface area contributed by atoms with Crippen LogP contribution in [0.15, 0.2) is 12.2 Å². The third-order valence-electron chi connectivity index (χ3n) is 3.19. The second-order valence-corrected chi connectivity index (χ2v) is 6.56.